The minimum atomic E-state index is -2.47. The summed E-state index contributed by atoms with van der Waals surface area (Å²) in [6, 6.07) is 0. The van der Waals surface area contributed by atoms with Gasteiger partial charge < -0.3 is 4.74 Å². The SMILES string of the molecule is CC(=O)OC(=O)C(CF)(CF)CF. The van der Waals surface area contributed by atoms with Crippen LogP contribution in [0.15, 0.2) is 0 Å². The molecule has 76 valence electrons. The van der Waals surface area contributed by atoms with E-state index in [1.807, 2.05) is 0 Å². The molecule has 0 aromatic carbocycles. The highest BCUT2D eigenvalue weighted by Gasteiger charge is 2.42. The molecule has 0 atom stereocenters. The first-order chi connectivity index (χ1) is 6.02. The summed E-state index contributed by atoms with van der Waals surface area (Å²) in [5.74, 6) is -2.53. The van der Waals surface area contributed by atoms with Crippen LogP contribution in [-0.2, 0) is 14.3 Å². The Hall–Kier alpha value is -1.07. The number of hydrogen-bond acceptors (Lipinski definition) is 3. The summed E-state index contributed by atoms with van der Waals surface area (Å²) in [5.41, 5.74) is -2.47. The van der Waals surface area contributed by atoms with Crippen LogP contribution in [0.3, 0.4) is 0 Å². The van der Waals surface area contributed by atoms with E-state index < -0.39 is 37.4 Å². The molecule has 0 bridgehead atoms. The van der Waals surface area contributed by atoms with Crippen molar-refractivity contribution in [3.8, 4) is 0 Å². The van der Waals surface area contributed by atoms with Gasteiger partial charge in [0.15, 0.2) is 5.41 Å². The number of esters is 2. The van der Waals surface area contributed by atoms with Crippen molar-refractivity contribution in [1.29, 1.82) is 0 Å². The second-order valence-electron chi connectivity index (χ2n) is 2.56. The lowest BCUT2D eigenvalue weighted by Crippen LogP contribution is -2.40. The van der Waals surface area contributed by atoms with Crippen molar-refractivity contribution in [3.63, 3.8) is 0 Å². The predicted octanol–water partition coefficient (Wildman–Crippen LogP) is 0.971. The van der Waals surface area contributed by atoms with Crippen LogP contribution in [0.25, 0.3) is 0 Å². The van der Waals surface area contributed by atoms with E-state index in [4.69, 9.17) is 0 Å². The van der Waals surface area contributed by atoms with E-state index in [1.54, 1.807) is 0 Å². The largest absolute Gasteiger partial charge is 0.393 e. The Labute approximate surface area is 72.9 Å². The molecule has 0 aromatic rings. The van der Waals surface area contributed by atoms with Crippen LogP contribution in [0.4, 0.5) is 13.2 Å². The van der Waals surface area contributed by atoms with Crippen molar-refractivity contribution in [1.82, 2.24) is 0 Å². The van der Waals surface area contributed by atoms with Crippen molar-refractivity contribution in [2.75, 3.05) is 20.0 Å². The molecule has 3 nitrogen and oxygen atoms in total. The van der Waals surface area contributed by atoms with E-state index >= 15 is 0 Å². The lowest BCUT2D eigenvalue weighted by Gasteiger charge is -2.20. The van der Waals surface area contributed by atoms with Gasteiger partial charge in [-0.25, -0.2) is 13.2 Å². The summed E-state index contributed by atoms with van der Waals surface area (Å²) in [7, 11) is 0. The first kappa shape index (κ1) is 11.9. The summed E-state index contributed by atoms with van der Waals surface area (Å²) in [4.78, 5) is 21.0. The van der Waals surface area contributed by atoms with Crippen LogP contribution < -0.4 is 0 Å². The molecule has 0 rings (SSSR count). The number of halogens is 3. The molecule has 0 aromatic heterocycles. The zero-order chi connectivity index (χ0) is 10.5. The Balaban J connectivity index is 4.53. The predicted molar refractivity (Wildman–Crippen MR) is 37.1 cm³/mol. The van der Waals surface area contributed by atoms with E-state index in [0.29, 0.717) is 0 Å². The third-order valence-corrected chi connectivity index (χ3v) is 1.44. The van der Waals surface area contributed by atoms with Gasteiger partial charge in [0.1, 0.15) is 20.0 Å². The highest BCUT2D eigenvalue weighted by molar-refractivity contribution is 5.88. The van der Waals surface area contributed by atoms with Gasteiger partial charge in [-0.3, -0.25) is 9.59 Å². The number of carbonyl (C=O) groups excluding carboxylic acids is 2. The van der Waals surface area contributed by atoms with Gasteiger partial charge in [-0.1, -0.05) is 0 Å². The van der Waals surface area contributed by atoms with Gasteiger partial charge >= 0.3 is 11.9 Å². The van der Waals surface area contributed by atoms with Crippen LogP contribution in [0.5, 0.6) is 0 Å². The summed E-state index contributed by atoms with van der Waals surface area (Å²) >= 11 is 0. The molecule has 0 saturated carbocycles. The Morgan fingerprint density at radius 3 is 1.77 bits per heavy atom. The highest BCUT2D eigenvalue weighted by atomic mass is 19.1. The maximum Gasteiger partial charge on any atom is 0.327 e. The second-order valence-corrected chi connectivity index (χ2v) is 2.56. The molecule has 0 aliphatic rings. The Morgan fingerprint density at radius 2 is 1.54 bits per heavy atom. The molecule has 0 unspecified atom stereocenters. The fourth-order valence-corrected chi connectivity index (χ4v) is 0.510. The molecule has 0 aliphatic carbocycles. The van der Waals surface area contributed by atoms with Gasteiger partial charge in [0.25, 0.3) is 0 Å². The van der Waals surface area contributed by atoms with E-state index in [2.05, 4.69) is 4.74 Å². The molecular weight excluding hydrogens is 189 g/mol. The van der Waals surface area contributed by atoms with Gasteiger partial charge in [0.05, 0.1) is 0 Å². The molecule has 0 spiro atoms. The van der Waals surface area contributed by atoms with E-state index in [9.17, 15) is 22.8 Å². The van der Waals surface area contributed by atoms with Gasteiger partial charge in [0.2, 0.25) is 0 Å². The third kappa shape index (κ3) is 2.71. The van der Waals surface area contributed by atoms with Gasteiger partial charge in [-0.05, 0) is 0 Å². The molecule has 6 heteroatoms. The first-order valence-electron chi connectivity index (χ1n) is 3.43. The molecular formula is C7H9F3O3. The fraction of sp³-hybridized carbons (Fsp3) is 0.714. The Bertz CT molecular complexity index is 193. The normalized spacial score (nSPS) is 11.1. The summed E-state index contributed by atoms with van der Waals surface area (Å²) in [5, 5.41) is 0. The second kappa shape index (κ2) is 4.84. The molecule has 13 heavy (non-hydrogen) atoms. The van der Waals surface area contributed by atoms with Gasteiger partial charge in [0, 0.05) is 6.92 Å². The Morgan fingerprint density at radius 1 is 1.15 bits per heavy atom. The average Bonchev–Trinajstić information content (AvgIpc) is 2.07. The van der Waals surface area contributed by atoms with Crippen molar-refractivity contribution < 1.29 is 27.5 Å². The molecule has 0 N–H and O–H groups in total. The maximum absolute atomic E-state index is 12.1. The summed E-state index contributed by atoms with van der Waals surface area (Å²) < 4.78 is 40.3. The fourth-order valence-electron chi connectivity index (χ4n) is 0.510. The lowest BCUT2D eigenvalue weighted by atomic mass is 9.93. The quantitative estimate of drug-likeness (QED) is 0.499. The van der Waals surface area contributed by atoms with Crippen LogP contribution in [0.1, 0.15) is 6.92 Å². The molecule has 0 amide bonds. The minimum Gasteiger partial charge on any atom is -0.393 e. The van der Waals surface area contributed by atoms with Crippen LogP contribution in [-0.4, -0.2) is 32.0 Å². The summed E-state index contributed by atoms with van der Waals surface area (Å²) in [6.45, 7) is -3.72. The number of alkyl halides is 3. The maximum atomic E-state index is 12.1. The van der Waals surface area contributed by atoms with Crippen molar-refractivity contribution >= 4 is 11.9 Å². The van der Waals surface area contributed by atoms with Crippen LogP contribution in [0.2, 0.25) is 0 Å². The number of rotatable bonds is 4. The van der Waals surface area contributed by atoms with Gasteiger partial charge in [-0.2, -0.15) is 0 Å². The molecule has 0 radical (unpaired) electrons. The van der Waals surface area contributed by atoms with Gasteiger partial charge in [-0.15, -0.1) is 0 Å². The minimum absolute atomic E-state index is 0.886. The summed E-state index contributed by atoms with van der Waals surface area (Å²) in [6.07, 6.45) is 0. The third-order valence-electron chi connectivity index (χ3n) is 1.44. The lowest BCUT2D eigenvalue weighted by molar-refractivity contribution is -0.168. The highest BCUT2D eigenvalue weighted by Crippen LogP contribution is 2.21. The number of carbonyl (C=O) groups is 2. The van der Waals surface area contributed by atoms with E-state index in [0.717, 1.165) is 6.92 Å². The standard InChI is InChI=1S/C7H9F3O3/c1-5(11)13-6(12)7(2-8,3-9)4-10/h2-4H2,1H3. The smallest absolute Gasteiger partial charge is 0.327 e. The van der Waals surface area contributed by atoms with E-state index in [1.165, 1.54) is 0 Å². The Kier molecular flexibility index (Phi) is 4.44. The molecule has 0 aliphatic heterocycles. The van der Waals surface area contributed by atoms with Crippen LogP contribution in [0, 0.1) is 5.41 Å². The average molecular weight is 198 g/mol. The molecule has 0 heterocycles. The number of ether oxygens (including phenoxy) is 1. The van der Waals surface area contributed by atoms with Crippen molar-refractivity contribution in [2.24, 2.45) is 5.41 Å². The monoisotopic (exact) mass is 198 g/mol. The van der Waals surface area contributed by atoms with E-state index in [-0.39, 0.29) is 0 Å². The first-order valence-corrected chi connectivity index (χ1v) is 3.43. The zero-order valence-corrected chi connectivity index (χ0v) is 6.98. The van der Waals surface area contributed by atoms with Crippen molar-refractivity contribution in [3.05, 3.63) is 0 Å². The van der Waals surface area contributed by atoms with Crippen molar-refractivity contribution in [2.45, 2.75) is 6.92 Å². The van der Waals surface area contributed by atoms with Crippen LogP contribution >= 0.6 is 0 Å². The number of hydrogen-bond donors (Lipinski definition) is 0. The zero-order valence-electron chi connectivity index (χ0n) is 6.98. The molecule has 0 fully saturated rings. The topological polar surface area (TPSA) is 43.4 Å². The molecule has 0 saturated heterocycles.